The zero-order chi connectivity index (χ0) is 20.5. The summed E-state index contributed by atoms with van der Waals surface area (Å²) in [5.41, 5.74) is 0.939. The molecule has 0 spiro atoms. The van der Waals surface area contributed by atoms with Gasteiger partial charge in [0.15, 0.2) is 0 Å². The van der Waals surface area contributed by atoms with Crippen molar-refractivity contribution in [1.82, 2.24) is 14.7 Å². The van der Waals surface area contributed by atoms with Crippen LogP contribution in [0.4, 0.5) is 4.79 Å². The zero-order valence-corrected chi connectivity index (χ0v) is 16.5. The number of imide groups is 2. The third kappa shape index (κ3) is 3.83. The number of carbonyl (C=O) groups is 4. The minimum atomic E-state index is -0.893. The normalized spacial score (nSPS) is 20.0. The number of ether oxygens (including phenoxy) is 1. The second-order valence-electron chi connectivity index (χ2n) is 7.89. The molecule has 8 nitrogen and oxygen atoms in total. The van der Waals surface area contributed by atoms with E-state index in [-0.39, 0.29) is 24.5 Å². The van der Waals surface area contributed by atoms with Gasteiger partial charge in [-0.25, -0.2) is 9.69 Å². The molecular weight excluding hydrogens is 374 g/mol. The Kier molecular flexibility index (Phi) is 5.25. The van der Waals surface area contributed by atoms with E-state index in [4.69, 9.17) is 4.74 Å². The lowest BCUT2D eigenvalue weighted by molar-refractivity contribution is -0.145. The quantitative estimate of drug-likeness (QED) is 0.516. The van der Waals surface area contributed by atoms with Gasteiger partial charge in [0.1, 0.15) is 12.3 Å². The number of carbonyl (C=O) groups excluding carboxylic acids is 4. The van der Waals surface area contributed by atoms with Crippen LogP contribution >= 0.6 is 0 Å². The molecule has 8 heteroatoms. The highest BCUT2D eigenvalue weighted by atomic mass is 16.5. The molecule has 2 saturated carbocycles. The Balaban J connectivity index is 1.45. The summed E-state index contributed by atoms with van der Waals surface area (Å²) in [6, 6.07) is 6.67. The number of urea groups is 1. The van der Waals surface area contributed by atoms with Crippen molar-refractivity contribution >= 4 is 23.8 Å². The number of methoxy groups -OCH3 is 1. The monoisotopic (exact) mass is 399 g/mol. The molecule has 0 aromatic heterocycles. The van der Waals surface area contributed by atoms with E-state index >= 15 is 0 Å². The standard InChI is InChI=1S/C21H25N3O5/c1-29-17-10-6-14(7-11-17)12-22(15-8-9-15)18(25)13-23-19(26)20(27)24(21(23)28)16-4-2-3-5-16/h6-7,10-11,15-16H,2-5,8-9,12-13H2,1H3. The van der Waals surface area contributed by atoms with E-state index < -0.39 is 17.8 Å². The fraction of sp³-hybridized carbons (Fsp3) is 0.524. The second-order valence-corrected chi connectivity index (χ2v) is 7.89. The van der Waals surface area contributed by atoms with Gasteiger partial charge in [0, 0.05) is 18.6 Å². The summed E-state index contributed by atoms with van der Waals surface area (Å²) in [7, 11) is 1.59. The predicted octanol–water partition coefficient (Wildman–Crippen LogP) is 1.92. The van der Waals surface area contributed by atoms with Crippen molar-refractivity contribution < 1.29 is 23.9 Å². The maximum absolute atomic E-state index is 13.0. The average Bonchev–Trinajstić information content (AvgIpc) is 3.39. The number of rotatable bonds is 7. The molecule has 3 aliphatic rings. The molecule has 0 N–H and O–H groups in total. The molecule has 0 atom stereocenters. The first-order valence-corrected chi connectivity index (χ1v) is 10.1. The van der Waals surface area contributed by atoms with Gasteiger partial charge in [-0.05, 0) is 43.4 Å². The van der Waals surface area contributed by atoms with Crippen molar-refractivity contribution in [2.24, 2.45) is 0 Å². The smallest absolute Gasteiger partial charge is 0.334 e. The van der Waals surface area contributed by atoms with E-state index in [1.54, 1.807) is 12.0 Å². The highest BCUT2D eigenvalue weighted by Crippen LogP contribution is 2.30. The van der Waals surface area contributed by atoms with Crippen LogP contribution in [0.15, 0.2) is 24.3 Å². The third-order valence-corrected chi connectivity index (χ3v) is 5.89. The molecule has 1 aromatic rings. The maximum atomic E-state index is 13.0. The maximum Gasteiger partial charge on any atom is 0.334 e. The van der Waals surface area contributed by atoms with E-state index in [0.29, 0.717) is 6.54 Å². The van der Waals surface area contributed by atoms with Crippen molar-refractivity contribution in [2.75, 3.05) is 13.7 Å². The highest BCUT2D eigenvalue weighted by Gasteiger charge is 2.49. The molecule has 2 aliphatic carbocycles. The zero-order valence-electron chi connectivity index (χ0n) is 16.5. The largest absolute Gasteiger partial charge is 0.497 e. The number of hydrogen-bond acceptors (Lipinski definition) is 5. The van der Waals surface area contributed by atoms with Crippen LogP contribution in [-0.4, -0.2) is 64.2 Å². The van der Waals surface area contributed by atoms with Crippen LogP contribution in [0.3, 0.4) is 0 Å². The van der Waals surface area contributed by atoms with Crippen LogP contribution in [0.25, 0.3) is 0 Å². The summed E-state index contributed by atoms with van der Waals surface area (Å²) in [4.78, 5) is 54.0. The third-order valence-electron chi connectivity index (χ3n) is 5.89. The van der Waals surface area contributed by atoms with Crippen molar-refractivity contribution in [3.8, 4) is 5.75 Å². The molecule has 3 fully saturated rings. The van der Waals surface area contributed by atoms with Gasteiger partial charge in [-0.15, -0.1) is 0 Å². The predicted molar refractivity (Wildman–Crippen MR) is 103 cm³/mol. The van der Waals surface area contributed by atoms with Crippen molar-refractivity contribution in [2.45, 2.75) is 57.2 Å². The van der Waals surface area contributed by atoms with Gasteiger partial charge >= 0.3 is 17.8 Å². The number of nitrogens with zero attached hydrogens (tertiary/aromatic N) is 3. The summed E-state index contributed by atoms with van der Waals surface area (Å²) in [6.07, 6.45) is 5.11. The first-order valence-electron chi connectivity index (χ1n) is 10.1. The number of benzene rings is 1. The number of amides is 5. The van der Waals surface area contributed by atoms with Crippen molar-refractivity contribution in [1.29, 1.82) is 0 Å². The molecule has 0 bridgehead atoms. The molecular formula is C21H25N3O5. The van der Waals surface area contributed by atoms with Crippen LogP contribution < -0.4 is 4.74 Å². The first-order chi connectivity index (χ1) is 14.0. The second kappa shape index (κ2) is 7.85. The van der Waals surface area contributed by atoms with Crippen LogP contribution in [-0.2, 0) is 20.9 Å². The summed E-state index contributed by atoms with van der Waals surface area (Å²) in [5.74, 6) is -1.28. The lowest BCUT2D eigenvalue weighted by Crippen LogP contribution is -2.45. The molecule has 1 heterocycles. The molecule has 29 heavy (non-hydrogen) atoms. The Hall–Kier alpha value is -2.90. The Morgan fingerprint density at radius 1 is 1.03 bits per heavy atom. The highest BCUT2D eigenvalue weighted by molar-refractivity contribution is 6.45. The minimum absolute atomic E-state index is 0.110. The molecule has 5 amide bonds. The Bertz CT molecular complexity index is 827. The van der Waals surface area contributed by atoms with Gasteiger partial charge in [-0.3, -0.25) is 19.3 Å². The molecule has 1 aliphatic heterocycles. The molecule has 1 aromatic carbocycles. The summed E-state index contributed by atoms with van der Waals surface area (Å²) < 4.78 is 5.16. The molecule has 4 rings (SSSR count). The van der Waals surface area contributed by atoms with Gasteiger partial charge in [-0.1, -0.05) is 25.0 Å². The Labute approximate surface area is 169 Å². The van der Waals surface area contributed by atoms with Gasteiger partial charge in [-0.2, -0.15) is 0 Å². The van der Waals surface area contributed by atoms with Gasteiger partial charge in [0.2, 0.25) is 5.91 Å². The molecule has 154 valence electrons. The van der Waals surface area contributed by atoms with Crippen LogP contribution in [0, 0.1) is 0 Å². The average molecular weight is 399 g/mol. The summed E-state index contributed by atoms with van der Waals surface area (Å²) >= 11 is 0. The Morgan fingerprint density at radius 2 is 1.69 bits per heavy atom. The van der Waals surface area contributed by atoms with E-state index in [9.17, 15) is 19.2 Å². The van der Waals surface area contributed by atoms with Gasteiger partial charge in [0.25, 0.3) is 0 Å². The van der Waals surface area contributed by atoms with Crippen LogP contribution in [0.1, 0.15) is 44.1 Å². The fourth-order valence-electron chi connectivity index (χ4n) is 4.11. The van der Waals surface area contributed by atoms with E-state index in [1.807, 2.05) is 24.3 Å². The van der Waals surface area contributed by atoms with E-state index in [1.165, 1.54) is 0 Å². The van der Waals surface area contributed by atoms with E-state index in [0.717, 1.165) is 59.6 Å². The van der Waals surface area contributed by atoms with Crippen LogP contribution in [0.2, 0.25) is 0 Å². The van der Waals surface area contributed by atoms with E-state index in [2.05, 4.69) is 0 Å². The van der Waals surface area contributed by atoms with Crippen molar-refractivity contribution in [3.05, 3.63) is 29.8 Å². The van der Waals surface area contributed by atoms with Gasteiger partial charge < -0.3 is 9.64 Å². The molecule has 0 unspecified atom stereocenters. The Morgan fingerprint density at radius 3 is 2.28 bits per heavy atom. The van der Waals surface area contributed by atoms with Gasteiger partial charge in [0.05, 0.1) is 7.11 Å². The molecule has 0 radical (unpaired) electrons. The summed E-state index contributed by atoms with van der Waals surface area (Å²) in [6.45, 7) is 0.00326. The van der Waals surface area contributed by atoms with Crippen LogP contribution in [0.5, 0.6) is 5.75 Å². The number of hydrogen-bond donors (Lipinski definition) is 0. The lowest BCUT2D eigenvalue weighted by atomic mass is 10.2. The fourth-order valence-corrected chi connectivity index (χ4v) is 4.11. The lowest BCUT2D eigenvalue weighted by Gasteiger charge is -2.25. The minimum Gasteiger partial charge on any atom is -0.497 e. The first kappa shape index (κ1) is 19.4. The topological polar surface area (TPSA) is 87.2 Å². The molecule has 1 saturated heterocycles. The van der Waals surface area contributed by atoms with Crippen molar-refractivity contribution in [3.63, 3.8) is 0 Å². The SMILES string of the molecule is COc1ccc(CN(C(=O)CN2C(=O)C(=O)N(C3CCCC3)C2=O)C2CC2)cc1. The summed E-state index contributed by atoms with van der Waals surface area (Å²) in [5, 5.41) is 0.